The number of para-hydroxylation sites is 1. The van der Waals surface area contributed by atoms with Gasteiger partial charge in [0.1, 0.15) is 0 Å². The van der Waals surface area contributed by atoms with E-state index in [9.17, 15) is 0 Å². The van der Waals surface area contributed by atoms with E-state index in [2.05, 4.69) is 22.4 Å². The molecule has 1 aromatic carbocycles. The minimum atomic E-state index is 0.227. The van der Waals surface area contributed by atoms with Crippen LogP contribution < -0.4 is 10.5 Å². The van der Waals surface area contributed by atoms with Crippen LogP contribution in [-0.2, 0) is 11.3 Å². The van der Waals surface area contributed by atoms with Gasteiger partial charge in [0.15, 0.2) is 11.6 Å². The molecule has 0 saturated carbocycles. The lowest BCUT2D eigenvalue weighted by Crippen LogP contribution is -2.19. The number of hydrogen-bond donors (Lipinski definition) is 1. The Labute approximate surface area is 123 Å². The molecular formula is C14H19N5O2. The predicted molar refractivity (Wildman–Crippen MR) is 77.7 cm³/mol. The predicted octanol–water partition coefficient (Wildman–Crippen LogP) is 1.36. The molecule has 112 valence electrons. The number of rotatable bonds is 4. The van der Waals surface area contributed by atoms with Gasteiger partial charge in [0, 0.05) is 12.5 Å². The number of methoxy groups -OCH3 is 1. The largest absolute Gasteiger partial charge is 0.494 e. The first-order chi connectivity index (χ1) is 10.2. The van der Waals surface area contributed by atoms with E-state index in [1.807, 2.05) is 12.1 Å². The van der Waals surface area contributed by atoms with Crippen LogP contribution in [0.25, 0.3) is 11.4 Å². The molecule has 1 aliphatic rings. The molecule has 1 saturated heterocycles. The minimum absolute atomic E-state index is 0.227. The second kappa shape index (κ2) is 5.69. The van der Waals surface area contributed by atoms with Crippen molar-refractivity contribution in [3.05, 3.63) is 18.2 Å². The van der Waals surface area contributed by atoms with Crippen LogP contribution in [0.5, 0.6) is 5.75 Å². The number of benzene rings is 1. The van der Waals surface area contributed by atoms with E-state index in [4.69, 9.17) is 15.2 Å². The van der Waals surface area contributed by atoms with Gasteiger partial charge >= 0.3 is 0 Å². The van der Waals surface area contributed by atoms with Crippen molar-refractivity contribution in [3.8, 4) is 17.1 Å². The summed E-state index contributed by atoms with van der Waals surface area (Å²) in [4.78, 5) is 0. The summed E-state index contributed by atoms with van der Waals surface area (Å²) in [6, 6.07) is 5.57. The molecule has 7 heteroatoms. The van der Waals surface area contributed by atoms with Gasteiger partial charge in [0.2, 0.25) is 0 Å². The van der Waals surface area contributed by atoms with Gasteiger partial charge in [-0.05, 0) is 35.9 Å². The molecule has 2 N–H and O–H groups in total. The Balaban J connectivity index is 1.94. The molecule has 1 fully saturated rings. The first kappa shape index (κ1) is 13.8. The molecule has 7 nitrogen and oxygen atoms in total. The van der Waals surface area contributed by atoms with E-state index in [0.29, 0.717) is 23.2 Å². The van der Waals surface area contributed by atoms with Gasteiger partial charge in [-0.15, -0.1) is 5.10 Å². The zero-order valence-corrected chi connectivity index (χ0v) is 12.2. The second-order valence-corrected chi connectivity index (χ2v) is 5.24. The summed E-state index contributed by atoms with van der Waals surface area (Å²) in [5, 5.41) is 12.0. The zero-order chi connectivity index (χ0) is 14.8. The van der Waals surface area contributed by atoms with Crippen molar-refractivity contribution < 1.29 is 9.47 Å². The Morgan fingerprint density at radius 1 is 1.48 bits per heavy atom. The Bertz CT molecular complexity index is 628. The molecule has 2 aromatic rings. The van der Waals surface area contributed by atoms with E-state index in [1.165, 1.54) is 0 Å². The summed E-state index contributed by atoms with van der Waals surface area (Å²) >= 11 is 0. The molecule has 2 heterocycles. The highest BCUT2D eigenvalue weighted by Gasteiger charge is 2.26. The van der Waals surface area contributed by atoms with Crippen molar-refractivity contribution in [1.29, 1.82) is 0 Å². The van der Waals surface area contributed by atoms with Gasteiger partial charge in [-0.2, -0.15) is 0 Å². The molecule has 2 atom stereocenters. The maximum absolute atomic E-state index is 5.95. The monoisotopic (exact) mass is 289 g/mol. The normalized spacial score (nSPS) is 21.6. The number of nitrogens with two attached hydrogens (primary N) is 1. The topological polar surface area (TPSA) is 88.1 Å². The van der Waals surface area contributed by atoms with Crippen LogP contribution in [0.4, 0.5) is 5.69 Å². The Hall–Kier alpha value is -2.15. The van der Waals surface area contributed by atoms with Crippen molar-refractivity contribution in [2.75, 3.05) is 19.5 Å². The van der Waals surface area contributed by atoms with Crippen LogP contribution in [0, 0.1) is 5.92 Å². The molecule has 0 bridgehead atoms. The summed E-state index contributed by atoms with van der Waals surface area (Å²) in [5.41, 5.74) is 7.32. The van der Waals surface area contributed by atoms with Gasteiger partial charge in [0.05, 0.1) is 31.0 Å². The lowest BCUT2D eigenvalue weighted by Gasteiger charge is -2.15. The molecule has 3 rings (SSSR count). The molecule has 0 spiro atoms. The molecule has 0 aliphatic carbocycles. The Morgan fingerprint density at radius 3 is 3.05 bits per heavy atom. The summed E-state index contributed by atoms with van der Waals surface area (Å²) in [6.45, 7) is 3.61. The lowest BCUT2D eigenvalue weighted by atomic mass is 10.0. The third-order valence-corrected chi connectivity index (χ3v) is 3.96. The van der Waals surface area contributed by atoms with Crippen molar-refractivity contribution in [1.82, 2.24) is 20.2 Å². The number of anilines is 1. The SMILES string of the molecule is COc1c(N)cccc1-c1nnnn1CC1CCOC1C. The van der Waals surface area contributed by atoms with E-state index < -0.39 is 0 Å². The number of ether oxygens (including phenoxy) is 2. The summed E-state index contributed by atoms with van der Waals surface area (Å²) in [7, 11) is 1.59. The summed E-state index contributed by atoms with van der Waals surface area (Å²) in [5.74, 6) is 1.68. The van der Waals surface area contributed by atoms with Crippen molar-refractivity contribution in [3.63, 3.8) is 0 Å². The van der Waals surface area contributed by atoms with Crippen LogP contribution >= 0.6 is 0 Å². The molecule has 1 aliphatic heterocycles. The van der Waals surface area contributed by atoms with Crippen molar-refractivity contribution >= 4 is 5.69 Å². The average molecular weight is 289 g/mol. The lowest BCUT2D eigenvalue weighted by molar-refractivity contribution is 0.101. The smallest absolute Gasteiger partial charge is 0.185 e. The van der Waals surface area contributed by atoms with Crippen molar-refractivity contribution in [2.45, 2.75) is 26.0 Å². The first-order valence-electron chi connectivity index (χ1n) is 7.01. The highest BCUT2D eigenvalue weighted by atomic mass is 16.5. The van der Waals surface area contributed by atoms with Crippen molar-refractivity contribution in [2.24, 2.45) is 5.92 Å². The number of nitrogen functional groups attached to an aromatic ring is 1. The van der Waals surface area contributed by atoms with Gasteiger partial charge in [0.25, 0.3) is 0 Å². The van der Waals surface area contributed by atoms with Gasteiger partial charge in [-0.3, -0.25) is 0 Å². The van der Waals surface area contributed by atoms with Gasteiger partial charge < -0.3 is 15.2 Å². The summed E-state index contributed by atoms with van der Waals surface area (Å²) in [6.07, 6.45) is 1.25. The third kappa shape index (κ3) is 2.56. The molecule has 1 aromatic heterocycles. The van der Waals surface area contributed by atoms with Gasteiger partial charge in [-0.1, -0.05) is 6.07 Å². The third-order valence-electron chi connectivity index (χ3n) is 3.96. The Morgan fingerprint density at radius 2 is 2.33 bits per heavy atom. The number of aromatic nitrogens is 4. The fourth-order valence-corrected chi connectivity index (χ4v) is 2.72. The van der Waals surface area contributed by atoms with E-state index >= 15 is 0 Å². The number of hydrogen-bond acceptors (Lipinski definition) is 6. The highest BCUT2D eigenvalue weighted by molar-refractivity contribution is 5.73. The van der Waals surface area contributed by atoms with E-state index in [-0.39, 0.29) is 6.10 Å². The standard InChI is InChI=1S/C14H19N5O2/c1-9-10(6-7-21-9)8-19-14(16-17-18-19)11-4-3-5-12(15)13(11)20-2/h3-5,9-10H,6-8,15H2,1-2H3. The maximum atomic E-state index is 5.95. The fraction of sp³-hybridized carbons (Fsp3) is 0.500. The van der Waals surface area contributed by atoms with Crippen LogP contribution in [0.15, 0.2) is 18.2 Å². The molecule has 21 heavy (non-hydrogen) atoms. The van der Waals surface area contributed by atoms with Crippen LogP contribution in [-0.4, -0.2) is 40.0 Å². The minimum Gasteiger partial charge on any atom is -0.494 e. The second-order valence-electron chi connectivity index (χ2n) is 5.24. The number of tetrazole rings is 1. The zero-order valence-electron chi connectivity index (χ0n) is 12.2. The molecule has 2 unspecified atom stereocenters. The van der Waals surface area contributed by atoms with Gasteiger partial charge in [-0.25, -0.2) is 4.68 Å². The van der Waals surface area contributed by atoms with Crippen LogP contribution in [0.1, 0.15) is 13.3 Å². The van der Waals surface area contributed by atoms with Crippen LogP contribution in [0.2, 0.25) is 0 Å². The maximum Gasteiger partial charge on any atom is 0.185 e. The summed E-state index contributed by atoms with van der Waals surface area (Å²) < 4.78 is 12.8. The highest BCUT2D eigenvalue weighted by Crippen LogP contribution is 2.33. The van der Waals surface area contributed by atoms with E-state index in [1.54, 1.807) is 17.9 Å². The fourth-order valence-electron chi connectivity index (χ4n) is 2.72. The average Bonchev–Trinajstić information content (AvgIpc) is 3.09. The Kier molecular flexibility index (Phi) is 3.74. The first-order valence-corrected chi connectivity index (χ1v) is 7.01. The number of nitrogens with zero attached hydrogens (tertiary/aromatic N) is 4. The quantitative estimate of drug-likeness (QED) is 0.855. The van der Waals surface area contributed by atoms with E-state index in [0.717, 1.165) is 25.1 Å². The van der Waals surface area contributed by atoms with Crippen LogP contribution in [0.3, 0.4) is 0 Å². The molecule has 0 amide bonds. The molecule has 0 radical (unpaired) electrons. The molecular weight excluding hydrogens is 270 g/mol.